The maximum absolute atomic E-state index is 14.2. The van der Waals surface area contributed by atoms with Crippen LogP contribution in [0, 0.1) is 12.7 Å². The van der Waals surface area contributed by atoms with E-state index in [1.54, 1.807) is 12.4 Å². The number of aromatic nitrogens is 3. The molecule has 1 aliphatic heterocycles. The fourth-order valence-electron chi connectivity index (χ4n) is 4.11. The molecule has 5 rings (SSSR count). The predicted molar refractivity (Wildman–Crippen MR) is 121 cm³/mol. The van der Waals surface area contributed by atoms with Gasteiger partial charge in [0.2, 0.25) is 0 Å². The molecule has 2 aromatic carbocycles. The first-order valence-corrected chi connectivity index (χ1v) is 10.7. The molecular formula is C24H22ClFN4O. The predicted octanol–water partition coefficient (Wildman–Crippen LogP) is 5.78. The number of benzene rings is 2. The van der Waals surface area contributed by atoms with Crippen molar-refractivity contribution in [1.82, 2.24) is 14.5 Å². The molecule has 0 amide bonds. The van der Waals surface area contributed by atoms with Gasteiger partial charge in [0.05, 0.1) is 5.39 Å². The Morgan fingerprint density at radius 2 is 1.97 bits per heavy atom. The molecule has 0 saturated carbocycles. The summed E-state index contributed by atoms with van der Waals surface area (Å²) in [5.41, 5.74) is 4.39. The van der Waals surface area contributed by atoms with Gasteiger partial charge in [0.15, 0.2) is 5.65 Å². The van der Waals surface area contributed by atoms with Gasteiger partial charge in [-0.2, -0.15) is 0 Å². The smallest absolute Gasteiger partial charge is 0.150 e. The van der Waals surface area contributed by atoms with Gasteiger partial charge in [-0.15, -0.1) is 0 Å². The summed E-state index contributed by atoms with van der Waals surface area (Å²) in [6.45, 7) is 3.50. The van der Waals surface area contributed by atoms with Crippen molar-refractivity contribution in [1.29, 1.82) is 0 Å². The number of hydrogen-bond acceptors (Lipinski definition) is 4. The first-order chi connectivity index (χ1) is 15.1. The Balaban J connectivity index is 1.73. The topological polar surface area (TPSA) is 52.0 Å². The van der Waals surface area contributed by atoms with Crippen molar-refractivity contribution < 1.29 is 9.13 Å². The summed E-state index contributed by atoms with van der Waals surface area (Å²) in [6, 6.07) is 13.0. The summed E-state index contributed by atoms with van der Waals surface area (Å²) in [6.07, 6.45) is 5.36. The number of anilines is 1. The Morgan fingerprint density at radius 1 is 1.13 bits per heavy atom. The molecule has 3 heterocycles. The highest BCUT2D eigenvalue weighted by molar-refractivity contribution is 6.31. The van der Waals surface area contributed by atoms with Crippen LogP contribution in [-0.2, 0) is 4.74 Å². The van der Waals surface area contributed by atoms with Gasteiger partial charge in [0.25, 0.3) is 0 Å². The molecule has 2 aromatic heterocycles. The van der Waals surface area contributed by atoms with E-state index in [0.717, 1.165) is 59.7 Å². The molecule has 158 valence electrons. The standard InChI is InChI=1S/C24H22ClFN4O/c1-15-3-2-4-20(9-15)30-13-21(16-10-17(25)12-18(26)11-16)22-23(27-14-28-24(22)30)29-19-5-7-31-8-6-19/h2-4,9-14,19H,5-8H2,1H3,(H,27,28,29). The molecule has 1 N–H and O–H groups in total. The number of fused-ring (bicyclic) bond motifs is 1. The SMILES string of the molecule is Cc1cccc(-n2cc(-c3cc(F)cc(Cl)c3)c3c(NC4CCOCC4)ncnc32)c1. The lowest BCUT2D eigenvalue weighted by Gasteiger charge is -2.24. The molecule has 5 nitrogen and oxygen atoms in total. The normalized spacial score (nSPS) is 14.8. The average Bonchev–Trinajstić information content (AvgIpc) is 3.15. The van der Waals surface area contributed by atoms with E-state index in [4.69, 9.17) is 16.3 Å². The molecule has 1 aliphatic rings. The van der Waals surface area contributed by atoms with Crippen LogP contribution in [0.15, 0.2) is 55.0 Å². The van der Waals surface area contributed by atoms with Crippen LogP contribution >= 0.6 is 11.6 Å². The minimum absolute atomic E-state index is 0.262. The summed E-state index contributed by atoms with van der Waals surface area (Å²) in [7, 11) is 0. The quantitative estimate of drug-likeness (QED) is 0.440. The van der Waals surface area contributed by atoms with Gasteiger partial charge in [-0.1, -0.05) is 23.7 Å². The summed E-state index contributed by atoms with van der Waals surface area (Å²) in [4.78, 5) is 9.15. The zero-order chi connectivity index (χ0) is 21.4. The van der Waals surface area contributed by atoms with E-state index in [-0.39, 0.29) is 11.9 Å². The van der Waals surface area contributed by atoms with Crippen molar-refractivity contribution in [3.8, 4) is 16.8 Å². The zero-order valence-electron chi connectivity index (χ0n) is 17.1. The lowest BCUT2D eigenvalue weighted by Crippen LogP contribution is -2.28. The van der Waals surface area contributed by atoms with Crippen molar-refractivity contribution in [3.63, 3.8) is 0 Å². The Morgan fingerprint density at radius 3 is 2.74 bits per heavy atom. The Hall–Kier alpha value is -2.96. The van der Waals surface area contributed by atoms with Crippen molar-refractivity contribution in [2.75, 3.05) is 18.5 Å². The molecule has 0 radical (unpaired) electrons. The maximum atomic E-state index is 14.2. The third-order valence-corrected chi connectivity index (χ3v) is 5.82. The lowest BCUT2D eigenvalue weighted by atomic mass is 10.0. The molecule has 7 heteroatoms. The second-order valence-corrected chi connectivity index (χ2v) is 8.30. The summed E-state index contributed by atoms with van der Waals surface area (Å²) < 4.78 is 21.7. The van der Waals surface area contributed by atoms with E-state index >= 15 is 0 Å². The molecule has 0 bridgehead atoms. The van der Waals surface area contributed by atoms with Gasteiger partial charge in [-0.05, 0) is 61.2 Å². The molecule has 0 aliphatic carbocycles. The molecule has 0 unspecified atom stereocenters. The largest absolute Gasteiger partial charge is 0.381 e. The Kier molecular flexibility index (Phi) is 5.34. The van der Waals surface area contributed by atoms with Gasteiger partial charge in [-0.25, -0.2) is 14.4 Å². The summed E-state index contributed by atoms with van der Waals surface area (Å²) >= 11 is 6.18. The Labute approximate surface area is 184 Å². The minimum atomic E-state index is -0.380. The van der Waals surface area contributed by atoms with Crippen LogP contribution in [-0.4, -0.2) is 33.8 Å². The van der Waals surface area contributed by atoms with E-state index in [9.17, 15) is 4.39 Å². The number of aryl methyl sites for hydroxylation is 1. The molecule has 1 saturated heterocycles. The molecule has 0 spiro atoms. The number of ether oxygens (including phenoxy) is 1. The van der Waals surface area contributed by atoms with Crippen LogP contribution in [0.3, 0.4) is 0 Å². The van der Waals surface area contributed by atoms with Gasteiger partial charge in [-0.3, -0.25) is 0 Å². The van der Waals surface area contributed by atoms with E-state index in [1.807, 2.05) is 22.9 Å². The van der Waals surface area contributed by atoms with E-state index in [2.05, 4.69) is 34.3 Å². The zero-order valence-corrected chi connectivity index (χ0v) is 17.9. The van der Waals surface area contributed by atoms with Crippen molar-refractivity contribution in [2.45, 2.75) is 25.8 Å². The van der Waals surface area contributed by atoms with E-state index in [0.29, 0.717) is 10.6 Å². The van der Waals surface area contributed by atoms with Crippen molar-refractivity contribution in [2.24, 2.45) is 0 Å². The molecular weight excluding hydrogens is 415 g/mol. The number of nitrogens with zero attached hydrogens (tertiary/aromatic N) is 3. The van der Waals surface area contributed by atoms with Crippen LogP contribution in [0.25, 0.3) is 27.8 Å². The fourth-order valence-corrected chi connectivity index (χ4v) is 4.33. The number of nitrogens with one attached hydrogen (secondary N) is 1. The van der Waals surface area contributed by atoms with Gasteiger partial charge >= 0.3 is 0 Å². The fraction of sp³-hybridized carbons (Fsp3) is 0.250. The second-order valence-electron chi connectivity index (χ2n) is 7.86. The lowest BCUT2D eigenvalue weighted by molar-refractivity contribution is 0.0904. The first kappa shape index (κ1) is 20.0. The van der Waals surface area contributed by atoms with Crippen LogP contribution in [0.4, 0.5) is 10.2 Å². The van der Waals surface area contributed by atoms with Crippen LogP contribution in [0.1, 0.15) is 18.4 Å². The summed E-state index contributed by atoms with van der Waals surface area (Å²) in [5, 5.41) is 4.76. The third-order valence-electron chi connectivity index (χ3n) is 5.60. The van der Waals surface area contributed by atoms with Gasteiger partial charge in [0, 0.05) is 41.7 Å². The number of hydrogen-bond donors (Lipinski definition) is 1. The Bertz CT molecular complexity index is 1230. The maximum Gasteiger partial charge on any atom is 0.150 e. The molecule has 4 aromatic rings. The summed E-state index contributed by atoms with van der Waals surface area (Å²) in [5.74, 6) is 0.355. The van der Waals surface area contributed by atoms with Crippen LogP contribution < -0.4 is 5.32 Å². The van der Waals surface area contributed by atoms with E-state index in [1.165, 1.54) is 12.1 Å². The monoisotopic (exact) mass is 436 g/mol. The molecule has 1 fully saturated rings. The van der Waals surface area contributed by atoms with Gasteiger partial charge in [0.1, 0.15) is 18.0 Å². The average molecular weight is 437 g/mol. The molecule has 0 atom stereocenters. The van der Waals surface area contributed by atoms with Crippen molar-refractivity contribution >= 4 is 28.5 Å². The number of halogens is 2. The first-order valence-electron chi connectivity index (χ1n) is 10.3. The van der Waals surface area contributed by atoms with E-state index < -0.39 is 0 Å². The highest BCUT2D eigenvalue weighted by atomic mass is 35.5. The molecule has 31 heavy (non-hydrogen) atoms. The highest BCUT2D eigenvalue weighted by Gasteiger charge is 2.21. The van der Waals surface area contributed by atoms with Crippen molar-refractivity contribution in [3.05, 3.63) is 71.4 Å². The number of rotatable bonds is 4. The third kappa shape index (κ3) is 4.01. The highest BCUT2D eigenvalue weighted by Crippen LogP contribution is 2.37. The second kappa shape index (κ2) is 8.29. The van der Waals surface area contributed by atoms with Gasteiger partial charge < -0.3 is 14.6 Å². The van der Waals surface area contributed by atoms with Crippen LogP contribution in [0.5, 0.6) is 0 Å². The van der Waals surface area contributed by atoms with Crippen LogP contribution in [0.2, 0.25) is 5.02 Å². The minimum Gasteiger partial charge on any atom is -0.381 e.